The van der Waals surface area contributed by atoms with Gasteiger partial charge >= 0.3 is 5.69 Å². The highest BCUT2D eigenvalue weighted by molar-refractivity contribution is 7.99. The van der Waals surface area contributed by atoms with Crippen molar-refractivity contribution >= 4 is 11.8 Å². The van der Waals surface area contributed by atoms with Crippen LogP contribution in [0, 0.1) is 11.3 Å². The molecule has 6 nitrogen and oxygen atoms in total. The molecule has 1 heterocycles. The third-order valence-corrected chi connectivity index (χ3v) is 3.73. The van der Waals surface area contributed by atoms with E-state index in [-0.39, 0.29) is 11.7 Å². The van der Waals surface area contributed by atoms with Gasteiger partial charge in [-0.3, -0.25) is 4.57 Å². The van der Waals surface area contributed by atoms with Crippen molar-refractivity contribution in [1.82, 2.24) is 14.8 Å². The van der Waals surface area contributed by atoms with Gasteiger partial charge in [0.15, 0.2) is 5.16 Å². The van der Waals surface area contributed by atoms with E-state index < -0.39 is 0 Å². The van der Waals surface area contributed by atoms with Crippen molar-refractivity contribution in [1.29, 1.82) is 5.26 Å². The second-order valence-corrected chi connectivity index (χ2v) is 5.36. The second kappa shape index (κ2) is 5.84. The minimum Gasteiger partial charge on any atom is -0.497 e. The van der Waals surface area contributed by atoms with Gasteiger partial charge in [-0.25, -0.2) is 9.89 Å². The number of nitrogens with one attached hydrogen (secondary N) is 1. The van der Waals surface area contributed by atoms with Crippen LogP contribution < -0.4 is 10.4 Å². The molecule has 7 heteroatoms. The maximum Gasteiger partial charge on any atom is 0.344 e. The molecule has 104 valence electrons. The van der Waals surface area contributed by atoms with Crippen LogP contribution in [-0.4, -0.2) is 21.9 Å². The van der Waals surface area contributed by atoms with Gasteiger partial charge in [0.2, 0.25) is 0 Å². The molecule has 2 aromatic rings. The van der Waals surface area contributed by atoms with Gasteiger partial charge in [0, 0.05) is 10.9 Å². The van der Waals surface area contributed by atoms with E-state index in [1.165, 1.54) is 11.8 Å². The molecule has 0 atom stereocenters. The zero-order chi connectivity index (χ0) is 14.7. The fourth-order valence-electron chi connectivity index (χ4n) is 1.72. The van der Waals surface area contributed by atoms with Crippen molar-refractivity contribution in [2.45, 2.75) is 29.9 Å². The lowest BCUT2D eigenvalue weighted by atomic mass is 10.2. The zero-order valence-corrected chi connectivity index (χ0v) is 12.2. The topological polar surface area (TPSA) is 83.7 Å². The van der Waals surface area contributed by atoms with Gasteiger partial charge in [-0.15, -0.1) is 5.10 Å². The molecule has 0 spiro atoms. The summed E-state index contributed by atoms with van der Waals surface area (Å²) in [4.78, 5) is 12.4. The van der Waals surface area contributed by atoms with Gasteiger partial charge < -0.3 is 4.74 Å². The molecular formula is C13H14N4O2S. The van der Waals surface area contributed by atoms with E-state index in [0.717, 1.165) is 0 Å². The van der Waals surface area contributed by atoms with Crippen molar-refractivity contribution in [2.75, 3.05) is 7.11 Å². The molecule has 1 aromatic carbocycles. The lowest BCUT2D eigenvalue weighted by molar-refractivity contribution is 0.413. The van der Waals surface area contributed by atoms with Gasteiger partial charge in [-0.1, -0.05) is 0 Å². The number of H-pyrrole nitrogens is 1. The predicted octanol–water partition coefficient (Wildman–Crippen LogP) is 2.18. The lowest BCUT2D eigenvalue weighted by Crippen LogP contribution is -2.19. The number of hydrogen-bond donors (Lipinski definition) is 1. The first kappa shape index (κ1) is 14.2. The Bertz CT molecular complexity index is 712. The van der Waals surface area contributed by atoms with Gasteiger partial charge in [-0.2, -0.15) is 5.26 Å². The summed E-state index contributed by atoms with van der Waals surface area (Å²) in [6, 6.07) is 7.27. The average Bonchev–Trinajstić information content (AvgIpc) is 2.79. The molecule has 0 radical (unpaired) electrons. The number of benzene rings is 1. The maximum absolute atomic E-state index is 11.7. The van der Waals surface area contributed by atoms with Gasteiger partial charge in [0.05, 0.1) is 12.7 Å². The number of nitrogens with zero attached hydrogens (tertiary/aromatic N) is 3. The summed E-state index contributed by atoms with van der Waals surface area (Å²) < 4.78 is 6.70. The number of aromatic nitrogens is 3. The standard InChI is InChI=1S/C13H14N4O2S/c1-8(2)17-12(18)15-16-13(17)20-11-6-10(19-3)5-4-9(11)7-14/h4-6,8H,1-3H3,(H,15,18). The van der Waals surface area contributed by atoms with Gasteiger partial charge in [-0.05, 0) is 43.8 Å². The summed E-state index contributed by atoms with van der Waals surface area (Å²) in [5.41, 5.74) is 0.255. The maximum atomic E-state index is 11.7. The van der Waals surface area contributed by atoms with Crippen LogP contribution in [0.5, 0.6) is 5.75 Å². The first-order valence-corrected chi connectivity index (χ1v) is 6.81. The van der Waals surface area contributed by atoms with Gasteiger partial charge in [0.25, 0.3) is 0 Å². The Hall–Kier alpha value is -2.20. The molecule has 0 bridgehead atoms. The second-order valence-electron chi connectivity index (χ2n) is 4.35. The number of methoxy groups -OCH3 is 1. The molecule has 0 aliphatic rings. The van der Waals surface area contributed by atoms with Crippen molar-refractivity contribution in [3.63, 3.8) is 0 Å². The predicted molar refractivity (Wildman–Crippen MR) is 75.1 cm³/mol. The highest BCUT2D eigenvalue weighted by Crippen LogP contribution is 2.32. The molecule has 0 aliphatic carbocycles. The fraction of sp³-hybridized carbons (Fsp3) is 0.308. The van der Waals surface area contributed by atoms with E-state index >= 15 is 0 Å². The SMILES string of the molecule is COc1ccc(C#N)c(Sc2n[nH]c(=O)n2C(C)C)c1. The molecule has 0 saturated carbocycles. The zero-order valence-electron chi connectivity index (χ0n) is 11.4. The summed E-state index contributed by atoms with van der Waals surface area (Å²) in [6.45, 7) is 3.80. The first-order chi connectivity index (χ1) is 9.56. The Labute approximate surface area is 120 Å². The van der Waals surface area contributed by atoms with E-state index in [4.69, 9.17) is 10.00 Å². The van der Waals surface area contributed by atoms with E-state index in [1.807, 2.05) is 13.8 Å². The molecule has 0 fully saturated rings. The molecule has 20 heavy (non-hydrogen) atoms. The van der Waals surface area contributed by atoms with E-state index in [9.17, 15) is 4.79 Å². The third-order valence-electron chi connectivity index (χ3n) is 2.70. The number of aromatic amines is 1. The molecule has 1 aromatic heterocycles. The number of nitriles is 1. The molecule has 0 aliphatic heterocycles. The largest absolute Gasteiger partial charge is 0.497 e. The van der Waals surface area contributed by atoms with Crippen molar-refractivity contribution in [2.24, 2.45) is 0 Å². The Balaban J connectivity index is 2.45. The molecule has 0 unspecified atom stereocenters. The average molecular weight is 290 g/mol. The molecular weight excluding hydrogens is 276 g/mol. The van der Waals surface area contributed by atoms with Crippen LogP contribution in [0.25, 0.3) is 0 Å². The highest BCUT2D eigenvalue weighted by atomic mass is 32.2. The van der Waals surface area contributed by atoms with Crippen LogP contribution in [0.3, 0.4) is 0 Å². The van der Waals surface area contributed by atoms with Crippen molar-refractivity contribution in [3.8, 4) is 11.8 Å². The monoisotopic (exact) mass is 290 g/mol. The molecule has 2 rings (SSSR count). The third kappa shape index (κ3) is 2.70. The first-order valence-electron chi connectivity index (χ1n) is 5.99. The summed E-state index contributed by atoms with van der Waals surface area (Å²) >= 11 is 1.26. The Morgan fingerprint density at radius 2 is 2.25 bits per heavy atom. The molecule has 0 amide bonds. The van der Waals surface area contributed by atoms with Crippen molar-refractivity contribution in [3.05, 3.63) is 34.2 Å². The fourth-order valence-corrected chi connectivity index (χ4v) is 2.80. The minimum atomic E-state index is -0.260. The number of ether oxygens (including phenoxy) is 1. The van der Waals surface area contributed by atoms with Crippen LogP contribution in [0.2, 0.25) is 0 Å². The molecule has 1 N–H and O–H groups in total. The smallest absolute Gasteiger partial charge is 0.344 e. The lowest BCUT2D eigenvalue weighted by Gasteiger charge is -2.10. The minimum absolute atomic E-state index is 0.0140. The Morgan fingerprint density at radius 3 is 2.85 bits per heavy atom. The van der Waals surface area contributed by atoms with E-state index in [1.54, 1.807) is 29.9 Å². The highest BCUT2D eigenvalue weighted by Gasteiger charge is 2.15. The number of rotatable bonds is 4. The van der Waals surface area contributed by atoms with Crippen LogP contribution in [0.4, 0.5) is 0 Å². The summed E-state index contributed by atoms with van der Waals surface area (Å²) in [5, 5.41) is 16.1. The van der Waals surface area contributed by atoms with E-state index in [0.29, 0.717) is 21.4 Å². The Kier molecular flexibility index (Phi) is 4.15. The van der Waals surface area contributed by atoms with Gasteiger partial charge in [0.1, 0.15) is 11.8 Å². The summed E-state index contributed by atoms with van der Waals surface area (Å²) in [7, 11) is 1.56. The van der Waals surface area contributed by atoms with Crippen LogP contribution >= 0.6 is 11.8 Å². The van der Waals surface area contributed by atoms with E-state index in [2.05, 4.69) is 16.3 Å². The van der Waals surface area contributed by atoms with Crippen LogP contribution in [-0.2, 0) is 0 Å². The quantitative estimate of drug-likeness (QED) is 0.933. The van der Waals surface area contributed by atoms with Crippen LogP contribution in [0.15, 0.2) is 33.0 Å². The normalized spacial score (nSPS) is 10.6. The van der Waals surface area contributed by atoms with Crippen LogP contribution in [0.1, 0.15) is 25.5 Å². The molecule has 0 saturated heterocycles. The summed E-state index contributed by atoms with van der Waals surface area (Å²) in [5.74, 6) is 0.653. The summed E-state index contributed by atoms with van der Waals surface area (Å²) in [6.07, 6.45) is 0. The number of hydrogen-bond acceptors (Lipinski definition) is 5. The van der Waals surface area contributed by atoms with Crippen molar-refractivity contribution < 1.29 is 4.74 Å². The Morgan fingerprint density at radius 1 is 1.50 bits per heavy atom.